The number of hydrogen-bond donors (Lipinski definition) is 3. The highest BCUT2D eigenvalue weighted by Gasteiger charge is 2.26. The van der Waals surface area contributed by atoms with Gasteiger partial charge >= 0.3 is 0 Å². The predicted molar refractivity (Wildman–Crippen MR) is 109 cm³/mol. The number of carbonyl (C=O) groups excluding carboxylic acids is 1. The number of rotatable bonds is 5. The molecule has 1 aromatic heterocycles. The molecule has 2 atom stereocenters. The molecule has 2 aliphatic heterocycles. The van der Waals surface area contributed by atoms with E-state index >= 15 is 0 Å². The molecule has 1 aromatic carbocycles. The van der Waals surface area contributed by atoms with Gasteiger partial charge in [0, 0.05) is 37.0 Å². The summed E-state index contributed by atoms with van der Waals surface area (Å²) < 4.78 is 0. The van der Waals surface area contributed by atoms with E-state index in [1.807, 2.05) is 30.5 Å². The smallest absolute Gasteiger partial charge is 0.251 e. The molecule has 0 radical (unpaired) electrons. The third-order valence-corrected chi connectivity index (χ3v) is 5.62. The lowest BCUT2D eigenvalue weighted by atomic mass is 10.1. The SMILES string of the molecule is O=C(N[C@@H]1CNC[C@H]1O)c1ccc(-c2ccc(CN3CCCCC3)cn2)cc1. The highest BCUT2D eigenvalue weighted by atomic mass is 16.3. The second-order valence-corrected chi connectivity index (χ2v) is 7.77. The number of benzene rings is 1. The largest absolute Gasteiger partial charge is 0.390 e. The summed E-state index contributed by atoms with van der Waals surface area (Å²) in [7, 11) is 0. The van der Waals surface area contributed by atoms with Crippen molar-refractivity contribution in [2.75, 3.05) is 26.2 Å². The van der Waals surface area contributed by atoms with Crippen LogP contribution in [0.1, 0.15) is 35.2 Å². The van der Waals surface area contributed by atoms with Gasteiger partial charge in [0.2, 0.25) is 0 Å². The van der Waals surface area contributed by atoms with Gasteiger partial charge in [-0.2, -0.15) is 0 Å². The van der Waals surface area contributed by atoms with Gasteiger partial charge in [0.25, 0.3) is 5.91 Å². The Balaban J connectivity index is 1.37. The fraction of sp³-hybridized carbons (Fsp3) is 0.455. The number of likely N-dealkylation sites (tertiary alicyclic amines) is 1. The minimum atomic E-state index is -0.532. The standard InChI is InChI=1S/C22H28N4O2/c27-21-14-23-13-20(21)25-22(28)18-7-5-17(6-8-18)19-9-4-16(12-24-19)15-26-10-2-1-3-11-26/h4-9,12,20-21,23,27H,1-3,10-11,13-15H2,(H,25,28)/t20-,21-/m1/s1. The van der Waals surface area contributed by atoms with Crippen molar-refractivity contribution >= 4 is 5.91 Å². The van der Waals surface area contributed by atoms with Crippen molar-refractivity contribution in [3.05, 3.63) is 53.7 Å². The molecule has 2 aromatic rings. The number of β-amino-alcohol motifs (C(OH)–C–C–N with tert-alkyl or cyclic N) is 1. The number of nitrogens with one attached hydrogen (secondary N) is 2. The molecule has 148 valence electrons. The van der Waals surface area contributed by atoms with E-state index in [9.17, 15) is 9.90 Å². The van der Waals surface area contributed by atoms with Crippen molar-refractivity contribution in [2.45, 2.75) is 38.0 Å². The van der Waals surface area contributed by atoms with Gasteiger partial charge in [-0.15, -0.1) is 0 Å². The molecule has 2 aliphatic rings. The van der Waals surface area contributed by atoms with Gasteiger partial charge in [-0.3, -0.25) is 14.7 Å². The number of amides is 1. The zero-order valence-corrected chi connectivity index (χ0v) is 16.1. The monoisotopic (exact) mass is 380 g/mol. The molecule has 0 bridgehead atoms. The second-order valence-electron chi connectivity index (χ2n) is 7.77. The van der Waals surface area contributed by atoms with Gasteiger partial charge in [-0.1, -0.05) is 24.6 Å². The Kier molecular flexibility index (Phi) is 6.00. The molecule has 4 rings (SSSR count). The van der Waals surface area contributed by atoms with Crippen LogP contribution in [0.3, 0.4) is 0 Å². The van der Waals surface area contributed by atoms with Gasteiger partial charge in [0.05, 0.1) is 17.8 Å². The van der Waals surface area contributed by atoms with Crippen LogP contribution in [0.25, 0.3) is 11.3 Å². The van der Waals surface area contributed by atoms with E-state index < -0.39 is 6.10 Å². The third-order valence-electron chi connectivity index (χ3n) is 5.62. The lowest BCUT2D eigenvalue weighted by Gasteiger charge is -2.26. The van der Waals surface area contributed by atoms with E-state index in [0.29, 0.717) is 18.7 Å². The van der Waals surface area contributed by atoms with Crippen LogP contribution < -0.4 is 10.6 Å². The van der Waals surface area contributed by atoms with Gasteiger partial charge in [0.1, 0.15) is 0 Å². The first-order valence-corrected chi connectivity index (χ1v) is 10.2. The average molecular weight is 380 g/mol. The Labute approximate surface area is 166 Å². The maximum absolute atomic E-state index is 12.4. The van der Waals surface area contributed by atoms with Gasteiger partial charge in [0.15, 0.2) is 0 Å². The second kappa shape index (κ2) is 8.82. The van der Waals surface area contributed by atoms with Crippen LogP contribution >= 0.6 is 0 Å². The molecule has 3 heterocycles. The zero-order chi connectivity index (χ0) is 19.3. The minimum Gasteiger partial charge on any atom is -0.390 e. The van der Waals surface area contributed by atoms with E-state index in [4.69, 9.17) is 0 Å². The molecule has 28 heavy (non-hydrogen) atoms. The summed E-state index contributed by atoms with van der Waals surface area (Å²) in [5.41, 5.74) is 3.73. The quantitative estimate of drug-likeness (QED) is 0.737. The Morgan fingerprint density at radius 3 is 2.54 bits per heavy atom. The average Bonchev–Trinajstić information content (AvgIpc) is 3.14. The summed E-state index contributed by atoms with van der Waals surface area (Å²) in [4.78, 5) is 19.5. The lowest BCUT2D eigenvalue weighted by Crippen LogP contribution is -2.42. The number of carbonyl (C=O) groups is 1. The van der Waals surface area contributed by atoms with Gasteiger partial charge in [-0.05, 0) is 49.7 Å². The predicted octanol–water partition coefficient (Wildman–Crippen LogP) is 1.80. The van der Waals surface area contributed by atoms with Crippen LogP contribution in [0.15, 0.2) is 42.6 Å². The first-order valence-electron chi connectivity index (χ1n) is 10.2. The molecular formula is C22H28N4O2. The molecule has 1 amide bonds. The van der Waals surface area contributed by atoms with E-state index in [1.54, 1.807) is 0 Å². The summed E-state index contributed by atoms with van der Waals surface area (Å²) in [6.07, 6.45) is 5.36. The van der Waals surface area contributed by atoms with Crippen LogP contribution in [0.5, 0.6) is 0 Å². The number of piperidine rings is 1. The lowest BCUT2D eigenvalue weighted by molar-refractivity contribution is 0.0888. The Bertz CT molecular complexity index is 785. The van der Waals surface area contributed by atoms with Crippen molar-refractivity contribution in [1.82, 2.24) is 20.5 Å². The Morgan fingerprint density at radius 1 is 1.11 bits per heavy atom. The van der Waals surface area contributed by atoms with E-state index in [2.05, 4.69) is 32.7 Å². The van der Waals surface area contributed by atoms with Crippen molar-refractivity contribution in [1.29, 1.82) is 0 Å². The molecule has 0 aliphatic carbocycles. The topological polar surface area (TPSA) is 77.5 Å². The molecule has 6 heteroatoms. The third kappa shape index (κ3) is 4.58. The van der Waals surface area contributed by atoms with Gasteiger partial charge < -0.3 is 15.7 Å². The molecule has 2 saturated heterocycles. The molecule has 0 spiro atoms. The normalized spacial score (nSPS) is 22.9. The van der Waals surface area contributed by atoms with Crippen LogP contribution in [-0.4, -0.2) is 59.2 Å². The van der Waals surface area contributed by atoms with Crippen LogP contribution in [0, 0.1) is 0 Å². The van der Waals surface area contributed by atoms with Gasteiger partial charge in [-0.25, -0.2) is 0 Å². The maximum Gasteiger partial charge on any atom is 0.251 e. The number of hydrogen-bond acceptors (Lipinski definition) is 5. The number of aromatic nitrogens is 1. The molecule has 0 saturated carbocycles. The highest BCUT2D eigenvalue weighted by molar-refractivity contribution is 5.94. The minimum absolute atomic E-state index is 0.163. The van der Waals surface area contributed by atoms with Crippen LogP contribution in [-0.2, 0) is 6.54 Å². The number of aliphatic hydroxyl groups excluding tert-OH is 1. The summed E-state index contributed by atoms with van der Waals surface area (Å²) in [5.74, 6) is -0.163. The zero-order valence-electron chi connectivity index (χ0n) is 16.1. The Morgan fingerprint density at radius 2 is 1.89 bits per heavy atom. The summed E-state index contributed by atoms with van der Waals surface area (Å²) in [5, 5.41) is 15.8. The first kappa shape index (κ1) is 19.1. The van der Waals surface area contributed by atoms with Crippen molar-refractivity contribution in [3.8, 4) is 11.3 Å². The van der Waals surface area contributed by atoms with E-state index in [1.165, 1.54) is 37.9 Å². The summed E-state index contributed by atoms with van der Waals surface area (Å²) in [6, 6.07) is 11.4. The maximum atomic E-state index is 12.4. The highest BCUT2D eigenvalue weighted by Crippen LogP contribution is 2.19. The van der Waals surface area contributed by atoms with Crippen molar-refractivity contribution in [2.24, 2.45) is 0 Å². The number of nitrogens with zero attached hydrogens (tertiary/aromatic N) is 2. The molecule has 2 fully saturated rings. The summed E-state index contributed by atoms with van der Waals surface area (Å²) >= 11 is 0. The van der Waals surface area contributed by atoms with E-state index in [-0.39, 0.29) is 11.9 Å². The number of aliphatic hydroxyl groups is 1. The van der Waals surface area contributed by atoms with Crippen LogP contribution in [0.4, 0.5) is 0 Å². The number of pyridine rings is 1. The fourth-order valence-corrected chi connectivity index (χ4v) is 3.92. The molecule has 0 unspecified atom stereocenters. The van der Waals surface area contributed by atoms with Crippen molar-refractivity contribution < 1.29 is 9.90 Å². The molecular weight excluding hydrogens is 352 g/mol. The van der Waals surface area contributed by atoms with Crippen LogP contribution in [0.2, 0.25) is 0 Å². The van der Waals surface area contributed by atoms with Crippen molar-refractivity contribution in [3.63, 3.8) is 0 Å². The van der Waals surface area contributed by atoms with E-state index in [0.717, 1.165) is 17.8 Å². The summed E-state index contributed by atoms with van der Waals surface area (Å²) in [6.45, 7) is 4.44. The Hall–Kier alpha value is -2.28. The molecule has 6 nitrogen and oxygen atoms in total. The first-order chi connectivity index (χ1) is 13.7. The molecule has 3 N–H and O–H groups in total. The fourth-order valence-electron chi connectivity index (χ4n) is 3.92.